The third kappa shape index (κ3) is 9.49. The smallest absolute Gasteiger partial charge is 0.272 e. The third-order valence-electron chi connectivity index (χ3n) is 7.73. The number of anilines is 2. The number of aryl methyl sites for hydroxylation is 2. The molecular weight excluding hydrogens is 631 g/mol. The number of amides is 3. The van der Waals surface area contributed by atoms with E-state index in [1.807, 2.05) is 105 Å². The minimum absolute atomic E-state index is 0.0833. The lowest BCUT2D eigenvalue weighted by molar-refractivity contribution is -0.116. The maximum Gasteiger partial charge on any atom is 0.272 e. The summed E-state index contributed by atoms with van der Waals surface area (Å²) in [4.78, 5) is 41.2. The number of hydrogen-bond donors (Lipinski definition) is 3. The molecule has 0 aromatic heterocycles. The Balaban J connectivity index is 1.34. The Kier molecular flexibility index (Phi) is 12.0. The summed E-state index contributed by atoms with van der Waals surface area (Å²) in [6, 6.07) is 39.0. The summed E-state index contributed by atoms with van der Waals surface area (Å²) >= 11 is 1.43. The van der Waals surface area contributed by atoms with Gasteiger partial charge in [0.2, 0.25) is 5.91 Å². The van der Waals surface area contributed by atoms with E-state index in [2.05, 4.69) is 22.9 Å². The van der Waals surface area contributed by atoms with Gasteiger partial charge in [-0.2, -0.15) is 0 Å². The van der Waals surface area contributed by atoms with Gasteiger partial charge in [-0.1, -0.05) is 85.8 Å². The van der Waals surface area contributed by atoms with Crippen molar-refractivity contribution in [3.05, 3.63) is 161 Å². The van der Waals surface area contributed by atoms with Gasteiger partial charge >= 0.3 is 0 Å². The summed E-state index contributed by atoms with van der Waals surface area (Å²) in [5.41, 5.74) is 5.60. The van der Waals surface area contributed by atoms with E-state index in [1.54, 1.807) is 42.5 Å². The van der Waals surface area contributed by atoms with E-state index in [9.17, 15) is 14.4 Å². The van der Waals surface area contributed by atoms with Crippen LogP contribution in [0.3, 0.4) is 0 Å². The molecule has 49 heavy (non-hydrogen) atoms. The summed E-state index contributed by atoms with van der Waals surface area (Å²) < 4.78 is 5.53. The van der Waals surface area contributed by atoms with Crippen molar-refractivity contribution in [2.45, 2.75) is 37.3 Å². The Morgan fingerprint density at radius 1 is 0.755 bits per heavy atom. The predicted octanol–water partition coefficient (Wildman–Crippen LogP) is 8.84. The second kappa shape index (κ2) is 17.0. The van der Waals surface area contributed by atoms with Crippen molar-refractivity contribution in [1.29, 1.82) is 0 Å². The van der Waals surface area contributed by atoms with Gasteiger partial charge in [0, 0.05) is 21.8 Å². The van der Waals surface area contributed by atoms with Crippen molar-refractivity contribution >= 4 is 46.9 Å². The lowest BCUT2D eigenvalue weighted by atomic mass is 10.1. The highest BCUT2D eigenvalue weighted by Gasteiger charge is 2.24. The van der Waals surface area contributed by atoms with E-state index in [1.165, 1.54) is 11.8 Å². The van der Waals surface area contributed by atoms with Crippen LogP contribution >= 0.6 is 11.8 Å². The normalized spacial score (nSPS) is 11.7. The molecule has 0 saturated carbocycles. The van der Waals surface area contributed by atoms with E-state index < -0.39 is 17.1 Å². The molecule has 0 heterocycles. The van der Waals surface area contributed by atoms with Gasteiger partial charge in [0.25, 0.3) is 11.8 Å². The summed E-state index contributed by atoms with van der Waals surface area (Å²) in [6.07, 6.45) is 2.43. The van der Waals surface area contributed by atoms with E-state index in [0.717, 1.165) is 39.3 Å². The van der Waals surface area contributed by atoms with Crippen LogP contribution in [0.5, 0.6) is 5.75 Å². The molecule has 3 N–H and O–H groups in total. The molecule has 3 amide bonds. The molecule has 8 heteroatoms. The Bertz CT molecular complexity index is 1910. The minimum atomic E-state index is -0.511. The molecule has 0 aliphatic heterocycles. The predicted molar refractivity (Wildman–Crippen MR) is 199 cm³/mol. The second-order valence-corrected chi connectivity index (χ2v) is 12.4. The maximum absolute atomic E-state index is 13.8. The van der Waals surface area contributed by atoms with Gasteiger partial charge in [-0.05, 0) is 97.1 Å². The molecule has 248 valence electrons. The van der Waals surface area contributed by atoms with Crippen LogP contribution in [-0.4, -0.2) is 24.3 Å². The molecule has 1 atom stereocenters. The van der Waals surface area contributed by atoms with Crippen molar-refractivity contribution in [3.8, 4) is 5.75 Å². The first-order valence-corrected chi connectivity index (χ1v) is 17.1. The molecule has 0 saturated heterocycles. The van der Waals surface area contributed by atoms with Crippen molar-refractivity contribution in [3.63, 3.8) is 0 Å². The number of carbonyl (C=O) groups excluding carboxylic acids is 3. The van der Waals surface area contributed by atoms with Crippen LogP contribution < -0.4 is 20.7 Å². The number of carbonyl (C=O) groups is 3. The van der Waals surface area contributed by atoms with E-state index in [4.69, 9.17) is 4.74 Å². The standard InChI is InChI=1S/C41H39N3O4S/c1-4-30-18-12-13-28(3)37(30)44-41(47)38(31-14-8-6-9-15-31)49-35-25-21-33(22-26-35)42-40(46)36(43-39(45)32-16-10-7-11-17-32)27-29-19-23-34(24-20-29)48-5-2/h6-27,38H,4-5H2,1-3H3,(H,42,46)(H,43,45)(H,44,47)/b36-27-. The number of hydrogen-bond acceptors (Lipinski definition) is 5. The van der Waals surface area contributed by atoms with Gasteiger partial charge in [-0.25, -0.2) is 0 Å². The fourth-order valence-corrected chi connectivity index (χ4v) is 6.20. The highest BCUT2D eigenvalue weighted by Crippen LogP contribution is 2.37. The Hall–Kier alpha value is -5.60. The Morgan fingerprint density at radius 3 is 2.08 bits per heavy atom. The lowest BCUT2D eigenvalue weighted by Crippen LogP contribution is -2.30. The SMILES string of the molecule is CCOc1ccc(/C=C(\NC(=O)c2ccccc2)C(=O)Nc2ccc(SC(C(=O)Nc3c(C)cccc3CC)c3ccccc3)cc2)cc1. The van der Waals surface area contributed by atoms with Gasteiger partial charge in [0.15, 0.2) is 0 Å². The van der Waals surface area contributed by atoms with Crippen molar-refractivity contribution < 1.29 is 19.1 Å². The topological polar surface area (TPSA) is 96.5 Å². The summed E-state index contributed by atoms with van der Waals surface area (Å²) in [5.74, 6) is -0.285. The molecule has 0 bridgehead atoms. The third-order valence-corrected chi connectivity index (χ3v) is 8.99. The average molecular weight is 670 g/mol. The van der Waals surface area contributed by atoms with E-state index >= 15 is 0 Å². The number of ether oxygens (including phenoxy) is 1. The van der Waals surface area contributed by atoms with Gasteiger partial charge in [-0.15, -0.1) is 11.8 Å². The number of thioether (sulfide) groups is 1. The van der Waals surface area contributed by atoms with Crippen LogP contribution in [0.15, 0.2) is 138 Å². The molecule has 5 aromatic carbocycles. The van der Waals surface area contributed by atoms with Crippen LogP contribution in [0.4, 0.5) is 11.4 Å². The van der Waals surface area contributed by atoms with Crippen molar-refractivity contribution in [2.24, 2.45) is 0 Å². The lowest BCUT2D eigenvalue weighted by Gasteiger charge is -2.20. The van der Waals surface area contributed by atoms with Gasteiger partial charge in [-0.3, -0.25) is 14.4 Å². The highest BCUT2D eigenvalue weighted by molar-refractivity contribution is 8.00. The largest absolute Gasteiger partial charge is 0.494 e. The summed E-state index contributed by atoms with van der Waals surface area (Å²) in [6.45, 7) is 6.52. The summed E-state index contributed by atoms with van der Waals surface area (Å²) in [7, 11) is 0. The van der Waals surface area contributed by atoms with Crippen LogP contribution in [0.1, 0.15) is 51.7 Å². The van der Waals surface area contributed by atoms with Crippen LogP contribution in [0.25, 0.3) is 6.08 Å². The fourth-order valence-electron chi connectivity index (χ4n) is 5.18. The maximum atomic E-state index is 13.8. The van der Waals surface area contributed by atoms with Crippen LogP contribution in [0.2, 0.25) is 0 Å². The molecule has 1 unspecified atom stereocenters. The van der Waals surface area contributed by atoms with Gasteiger partial charge in [0.1, 0.15) is 16.7 Å². The van der Waals surface area contributed by atoms with Gasteiger partial charge in [0.05, 0.1) is 6.61 Å². The van der Waals surface area contributed by atoms with Crippen LogP contribution in [0, 0.1) is 6.92 Å². The number of benzene rings is 5. The first-order chi connectivity index (χ1) is 23.8. The molecule has 5 aromatic rings. The Morgan fingerprint density at radius 2 is 1.43 bits per heavy atom. The Labute approximate surface area is 291 Å². The zero-order chi connectivity index (χ0) is 34.6. The molecular formula is C41H39N3O4S. The molecule has 5 rings (SSSR count). The molecule has 0 spiro atoms. The quantitative estimate of drug-likeness (QED) is 0.0860. The first kappa shape index (κ1) is 34.7. The van der Waals surface area contributed by atoms with Crippen molar-refractivity contribution in [1.82, 2.24) is 5.32 Å². The molecule has 0 aliphatic rings. The van der Waals surface area contributed by atoms with Crippen LogP contribution in [-0.2, 0) is 16.0 Å². The number of nitrogens with one attached hydrogen (secondary N) is 3. The number of para-hydroxylation sites is 1. The molecule has 0 fully saturated rings. The second-order valence-electron chi connectivity index (χ2n) is 11.2. The highest BCUT2D eigenvalue weighted by atomic mass is 32.2. The van der Waals surface area contributed by atoms with E-state index in [-0.39, 0.29) is 11.6 Å². The van der Waals surface area contributed by atoms with Crippen molar-refractivity contribution in [2.75, 3.05) is 17.2 Å². The van der Waals surface area contributed by atoms with Gasteiger partial charge < -0.3 is 20.7 Å². The minimum Gasteiger partial charge on any atom is -0.494 e. The van der Waals surface area contributed by atoms with E-state index in [0.29, 0.717) is 23.6 Å². The summed E-state index contributed by atoms with van der Waals surface area (Å²) in [5, 5.41) is 8.35. The monoisotopic (exact) mass is 669 g/mol. The molecule has 0 radical (unpaired) electrons. The first-order valence-electron chi connectivity index (χ1n) is 16.2. The molecule has 0 aliphatic carbocycles. The number of rotatable bonds is 13. The molecule has 7 nitrogen and oxygen atoms in total. The fraction of sp³-hybridized carbons (Fsp3) is 0.146. The average Bonchev–Trinajstić information content (AvgIpc) is 3.13. The zero-order valence-corrected chi connectivity index (χ0v) is 28.6. The zero-order valence-electron chi connectivity index (χ0n) is 27.7.